The highest BCUT2D eigenvalue weighted by molar-refractivity contribution is 5.35. The van der Waals surface area contributed by atoms with Crippen LogP contribution in [0, 0.1) is 12.3 Å². The number of benzene rings is 1. The van der Waals surface area contributed by atoms with Crippen molar-refractivity contribution in [2.45, 2.75) is 39.2 Å². The van der Waals surface area contributed by atoms with Crippen LogP contribution in [0.4, 0.5) is 0 Å². The molecule has 0 spiro atoms. The molecular formula is C13H19N. The number of rotatable bonds is 1. The van der Waals surface area contributed by atoms with Gasteiger partial charge in [0.1, 0.15) is 0 Å². The molecule has 76 valence electrons. The summed E-state index contributed by atoms with van der Waals surface area (Å²) in [5, 5.41) is 0. The molecule has 14 heavy (non-hydrogen) atoms. The van der Waals surface area contributed by atoms with Crippen LogP contribution >= 0.6 is 0 Å². The topological polar surface area (TPSA) is 26.0 Å². The van der Waals surface area contributed by atoms with Gasteiger partial charge in [-0.1, -0.05) is 38.1 Å². The van der Waals surface area contributed by atoms with Crippen LogP contribution in [0.3, 0.4) is 0 Å². The second kappa shape index (κ2) is 2.83. The molecule has 0 aliphatic heterocycles. The Labute approximate surface area is 86.3 Å². The zero-order chi connectivity index (χ0) is 10.4. The Morgan fingerprint density at radius 2 is 1.71 bits per heavy atom. The Morgan fingerprint density at radius 1 is 1.14 bits per heavy atom. The summed E-state index contributed by atoms with van der Waals surface area (Å²) in [5.74, 6) is 0. The molecule has 0 bridgehead atoms. The predicted octanol–water partition coefficient (Wildman–Crippen LogP) is 2.97. The Kier molecular flexibility index (Phi) is 1.97. The molecule has 0 aromatic heterocycles. The number of hydrogen-bond acceptors (Lipinski definition) is 1. The highest BCUT2D eigenvalue weighted by Crippen LogP contribution is 2.52. The molecule has 0 amide bonds. The second-order valence-corrected chi connectivity index (χ2v) is 5.49. The van der Waals surface area contributed by atoms with Gasteiger partial charge in [-0.2, -0.15) is 0 Å². The molecule has 1 aliphatic rings. The Hall–Kier alpha value is -0.820. The van der Waals surface area contributed by atoms with Crippen LogP contribution in [0.5, 0.6) is 0 Å². The normalized spacial score (nSPS) is 22.9. The monoisotopic (exact) mass is 189 g/mol. The Balaban J connectivity index is 2.30. The fraction of sp³-hybridized carbons (Fsp3) is 0.538. The van der Waals surface area contributed by atoms with Crippen LogP contribution in [0.2, 0.25) is 0 Å². The van der Waals surface area contributed by atoms with Crippen LogP contribution in [0.1, 0.15) is 37.8 Å². The second-order valence-electron chi connectivity index (χ2n) is 5.49. The van der Waals surface area contributed by atoms with Crippen LogP contribution in [0.25, 0.3) is 0 Å². The maximum absolute atomic E-state index is 6.40. The molecule has 1 aromatic rings. The van der Waals surface area contributed by atoms with Crippen molar-refractivity contribution < 1.29 is 0 Å². The highest BCUT2D eigenvalue weighted by Gasteiger charge is 2.47. The third-order valence-electron chi connectivity index (χ3n) is 3.27. The van der Waals surface area contributed by atoms with Gasteiger partial charge in [0.25, 0.3) is 0 Å². The minimum Gasteiger partial charge on any atom is -0.321 e. The maximum Gasteiger partial charge on any atom is 0.0422 e. The molecular weight excluding hydrogens is 170 g/mol. The Morgan fingerprint density at radius 3 is 2.21 bits per heavy atom. The molecule has 1 heteroatoms. The minimum absolute atomic E-state index is 0.0607. The SMILES string of the molecule is Cc1ccccc1C1(N)CC(C)(C)C1. The fourth-order valence-electron chi connectivity index (χ4n) is 2.98. The number of nitrogens with two attached hydrogens (primary N) is 1. The van der Waals surface area contributed by atoms with Crippen molar-refractivity contribution in [3.05, 3.63) is 35.4 Å². The zero-order valence-electron chi connectivity index (χ0n) is 9.30. The highest BCUT2D eigenvalue weighted by atomic mass is 14.8. The van der Waals surface area contributed by atoms with E-state index in [-0.39, 0.29) is 5.54 Å². The van der Waals surface area contributed by atoms with Crippen molar-refractivity contribution in [3.8, 4) is 0 Å². The first kappa shape index (κ1) is 9.72. The molecule has 1 saturated carbocycles. The summed E-state index contributed by atoms with van der Waals surface area (Å²) < 4.78 is 0. The van der Waals surface area contributed by atoms with Gasteiger partial charge in [-0.05, 0) is 36.3 Å². The molecule has 0 radical (unpaired) electrons. The lowest BCUT2D eigenvalue weighted by atomic mass is 9.57. The quantitative estimate of drug-likeness (QED) is 0.722. The van der Waals surface area contributed by atoms with Crippen molar-refractivity contribution in [1.29, 1.82) is 0 Å². The lowest BCUT2D eigenvalue weighted by molar-refractivity contribution is 0.0614. The molecule has 0 unspecified atom stereocenters. The summed E-state index contributed by atoms with van der Waals surface area (Å²) in [5.41, 5.74) is 9.42. The molecule has 0 heterocycles. The van der Waals surface area contributed by atoms with E-state index in [1.807, 2.05) is 0 Å². The first-order valence-electron chi connectivity index (χ1n) is 5.28. The Bertz CT molecular complexity index is 344. The van der Waals surface area contributed by atoms with Crippen LogP contribution in [-0.2, 0) is 5.54 Å². The number of aryl methyl sites for hydroxylation is 1. The van der Waals surface area contributed by atoms with E-state index in [4.69, 9.17) is 5.73 Å². The van der Waals surface area contributed by atoms with E-state index < -0.39 is 0 Å². The first-order valence-corrected chi connectivity index (χ1v) is 5.28. The summed E-state index contributed by atoms with van der Waals surface area (Å²) in [6.07, 6.45) is 2.20. The van der Waals surface area contributed by atoms with Crippen molar-refractivity contribution in [3.63, 3.8) is 0 Å². The van der Waals surface area contributed by atoms with Gasteiger partial charge < -0.3 is 5.73 Å². The van der Waals surface area contributed by atoms with Crippen molar-refractivity contribution in [2.75, 3.05) is 0 Å². The standard InChI is InChI=1S/C13H19N/c1-10-6-4-5-7-11(10)13(14)8-12(2,3)9-13/h4-7H,8-9,14H2,1-3H3. The van der Waals surface area contributed by atoms with E-state index in [1.54, 1.807) is 0 Å². The van der Waals surface area contributed by atoms with Crippen molar-refractivity contribution >= 4 is 0 Å². The predicted molar refractivity (Wildman–Crippen MR) is 60.1 cm³/mol. The fourth-order valence-corrected chi connectivity index (χ4v) is 2.98. The number of hydrogen-bond donors (Lipinski definition) is 1. The van der Waals surface area contributed by atoms with E-state index in [0.29, 0.717) is 5.41 Å². The summed E-state index contributed by atoms with van der Waals surface area (Å²) in [4.78, 5) is 0. The molecule has 1 nitrogen and oxygen atoms in total. The first-order chi connectivity index (χ1) is 6.43. The van der Waals surface area contributed by atoms with E-state index >= 15 is 0 Å². The molecule has 1 aliphatic carbocycles. The van der Waals surface area contributed by atoms with Gasteiger partial charge >= 0.3 is 0 Å². The van der Waals surface area contributed by atoms with E-state index in [9.17, 15) is 0 Å². The summed E-state index contributed by atoms with van der Waals surface area (Å²) >= 11 is 0. The van der Waals surface area contributed by atoms with Gasteiger partial charge in [0.15, 0.2) is 0 Å². The minimum atomic E-state index is -0.0607. The molecule has 0 saturated heterocycles. The lowest BCUT2D eigenvalue weighted by Crippen LogP contribution is -2.53. The van der Waals surface area contributed by atoms with Crippen molar-refractivity contribution in [2.24, 2.45) is 11.1 Å². The third-order valence-corrected chi connectivity index (χ3v) is 3.27. The molecule has 1 aromatic carbocycles. The van der Waals surface area contributed by atoms with Gasteiger partial charge in [0.2, 0.25) is 0 Å². The molecule has 0 atom stereocenters. The van der Waals surface area contributed by atoms with E-state index in [1.165, 1.54) is 11.1 Å². The summed E-state index contributed by atoms with van der Waals surface area (Å²) in [6, 6.07) is 8.48. The molecule has 2 rings (SSSR count). The molecule has 2 N–H and O–H groups in total. The van der Waals surface area contributed by atoms with Crippen LogP contribution in [0.15, 0.2) is 24.3 Å². The van der Waals surface area contributed by atoms with Gasteiger partial charge in [-0.3, -0.25) is 0 Å². The van der Waals surface area contributed by atoms with Gasteiger partial charge in [-0.25, -0.2) is 0 Å². The lowest BCUT2D eigenvalue weighted by Gasteiger charge is -2.52. The van der Waals surface area contributed by atoms with Crippen LogP contribution in [-0.4, -0.2) is 0 Å². The van der Waals surface area contributed by atoms with Gasteiger partial charge in [0, 0.05) is 5.54 Å². The maximum atomic E-state index is 6.40. The summed E-state index contributed by atoms with van der Waals surface area (Å²) in [6.45, 7) is 6.72. The average molecular weight is 189 g/mol. The third kappa shape index (κ3) is 1.46. The van der Waals surface area contributed by atoms with E-state index in [0.717, 1.165) is 12.8 Å². The van der Waals surface area contributed by atoms with Crippen molar-refractivity contribution in [1.82, 2.24) is 0 Å². The smallest absolute Gasteiger partial charge is 0.0422 e. The van der Waals surface area contributed by atoms with Crippen LogP contribution < -0.4 is 5.73 Å². The van der Waals surface area contributed by atoms with Gasteiger partial charge in [-0.15, -0.1) is 0 Å². The molecule has 1 fully saturated rings. The van der Waals surface area contributed by atoms with Gasteiger partial charge in [0.05, 0.1) is 0 Å². The van der Waals surface area contributed by atoms with E-state index in [2.05, 4.69) is 45.0 Å². The largest absolute Gasteiger partial charge is 0.321 e. The summed E-state index contributed by atoms with van der Waals surface area (Å²) in [7, 11) is 0. The zero-order valence-corrected chi connectivity index (χ0v) is 9.30. The average Bonchev–Trinajstić information content (AvgIpc) is 2.00.